The number of hydrogen-bond acceptors (Lipinski definition) is 10. The lowest BCUT2D eigenvalue weighted by atomic mass is 10.0. The summed E-state index contributed by atoms with van der Waals surface area (Å²) in [6.45, 7) is 7.83. The van der Waals surface area contributed by atoms with Gasteiger partial charge in [-0.25, -0.2) is 19.4 Å². The van der Waals surface area contributed by atoms with E-state index < -0.39 is 0 Å². The lowest BCUT2D eigenvalue weighted by Crippen LogP contribution is -2.44. The number of carbonyl (C=O) groups is 1. The maximum Gasteiger partial charge on any atom is 0.247 e. The van der Waals surface area contributed by atoms with Gasteiger partial charge in [0.15, 0.2) is 5.82 Å². The number of carbonyl (C=O) groups excluding carboxylic acids is 1. The summed E-state index contributed by atoms with van der Waals surface area (Å²) in [6, 6.07) is 19.6. The smallest absolute Gasteiger partial charge is 0.247 e. The van der Waals surface area contributed by atoms with Crippen molar-refractivity contribution in [1.82, 2.24) is 14.9 Å². The lowest BCUT2D eigenvalue weighted by molar-refractivity contribution is -0.111. The average Bonchev–Trinajstić information content (AvgIpc) is 3.59. The van der Waals surface area contributed by atoms with Crippen molar-refractivity contribution in [1.29, 1.82) is 0 Å². The molecule has 2 aliphatic heterocycles. The van der Waals surface area contributed by atoms with Gasteiger partial charge in [0.2, 0.25) is 5.91 Å². The number of piperazine rings is 1. The molecular formula is C35H38FN7O4. The van der Waals surface area contributed by atoms with Gasteiger partial charge in [-0.2, -0.15) is 0 Å². The highest BCUT2D eigenvalue weighted by Crippen LogP contribution is 2.40. The molecule has 2 aliphatic rings. The Bertz CT molecular complexity index is 1730. The monoisotopic (exact) mass is 639 g/mol. The molecule has 0 aliphatic carbocycles. The molecule has 11 nitrogen and oxygen atoms in total. The molecule has 47 heavy (non-hydrogen) atoms. The number of aromatic nitrogens is 2. The molecule has 1 amide bonds. The molecule has 2 N–H and O–H groups in total. The first-order valence-electron chi connectivity index (χ1n) is 15.5. The Labute approximate surface area is 273 Å². The van der Waals surface area contributed by atoms with E-state index >= 15 is 0 Å². The number of benzene rings is 3. The fourth-order valence-corrected chi connectivity index (χ4v) is 5.71. The number of hydroxylamine groups is 1. The summed E-state index contributed by atoms with van der Waals surface area (Å²) in [5.41, 5.74) is 3.88. The molecule has 12 heteroatoms. The van der Waals surface area contributed by atoms with E-state index in [1.807, 2.05) is 42.5 Å². The molecule has 3 heterocycles. The number of nitrogens with one attached hydrogen (secondary N) is 2. The van der Waals surface area contributed by atoms with E-state index in [0.717, 1.165) is 49.4 Å². The molecule has 2 saturated heterocycles. The zero-order valence-electron chi connectivity index (χ0n) is 26.5. The fourth-order valence-electron chi connectivity index (χ4n) is 5.71. The average molecular weight is 640 g/mol. The predicted octanol–water partition coefficient (Wildman–Crippen LogP) is 5.71. The van der Waals surface area contributed by atoms with E-state index in [2.05, 4.69) is 44.0 Å². The minimum Gasteiger partial charge on any atom is -0.494 e. The molecule has 1 unspecified atom stereocenters. The third-order valence-corrected chi connectivity index (χ3v) is 8.19. The SMILES string of the molecule is C=CC(=O)Nc1cc(Nc2cc(N3OCCC3c3cccc(OCc4cccc(F)c4)c3)ncn2)c(OC)cc1N1CCN(C)CC1. The van der Waals surface area contributed by atoms with Crippen LogP contribution in [0.2, 0.25) is 0 Å². The van der Waals surface area contributed by atoms with Crippen LogP contribution in [0.5, 0.6) is 11.5 Å². The molecule has 0 bridgehead atoms. The minimum atomic E-state index is -0.304. The number of hydrogen-bond donors (Lipinski definition) is 2. The van der Waals surface area contributed by atoms with Crippen molar-refractivity contribution in [3.05, 3.63) is 103 Å². The van der Waals surface area contributed by atoms with Crippen LogP contribution >= 0.6 is 0 Å². The van der Waals surface area contributed by atoms with Crippen LogP contribution in [0.4, 0.5) is 33.1 Å². The maximum absolute atomic E-state index is 13.6. The molecule has 1 atom stereocenters. The second kappa shape index (κ2) is 14.5. The summed E-state index contributed by atoms with van der Waals surface area (Å²) in [4.78, 5) is 31.9. The Balaban J connectivity index is 1.22. The number of likely N-dealkylation sites (N-methyl/N-ethyl adjacent to an activating group) is 1. The van der Waals surface area contributed by atoms with Gasteiger partial charge < -0.3 is 29.9 Å². The Morgan fingerprint density at radius 3 is 2.68 bits per heavy atom. The van der Waals surface area contributed by atoms with Gasteiger partial charge in [-0.15, -0.1) is 0 Å². The largest absolute Gasteiger partial charge is 0.494 e. The van der Waals surface area contributed by atoms with Gasteiger partial charge in [-0.3, -0.25) is 9.63 Å². The number of amides is 1. The van der Waals surface area contributed by atoms with Gasteiger partial charge in [-0.05, 0) is 54.6 Å². The Morgan fingerprint density at radius 2 is 1.89 bits per heavy atom. The maximum atomic E-state index is 13.6. The van der Waals surface area contributed by atoms with Crippen LogP contribution in [0.25, 0.3) is 0 Å². The number of nitrogens with zero attached hydrogens (tertiary/aromatic N) is 5. The Hall–Kier alpha value is -5.20. The van der Waals surface area contributed by atoms with Crippen LogP contribution in [0.3, 0.4) is 0 Å². The van der Waals surface area contributed by atoms with E-state index in [9.17, 15) is 9.18 Å². The number of methoxy groups -OCH3 is 1. The van der Waals surface area contributed by atoms with Crippen LogP contribution in [0.1, 0.15) is 23.6 Å². The van der Waals surface area contributed by atoms with Crippen LogP contribution in [0.15, 0.2) is 85.7 Å². The van der Waals surface area contributed by atoms with Crippen molar-refractivity contribution in [3.63, 3.8) is 0 Å². The first kappa shape index (κ1) is 31.8. The lowest BCUT2D eigenvalue weighted by Gasteiger charge is -2.35. The van der Waals surface area contributed by atoms with Gasteiger partial charge in [0.05, 0.1) is 36.8 Å². The highest BCUT2D eigenvalue weighted by atomic mass is 19.1. The first-order valence-corrected chi connectivity index (χ1v) is 15.5. The predicted molar refractivity (Wildman–Crippen MR) is 180 cm³/mol. The standard InChI is InChI=1S/C35H38FN7O4/c1-4-35(44)40-28-19-29(32(45-3)20-31(28)42-14-12-41(2)13-15-42)39-33-21-34(38-23-37-33)43-30(11-16-47-43)25-8-6-10-27(18-25)46-22-24-7-5-9-26(36)17-24/h4-10,17-21,23,30H,1,11-16,22H2,2-3H3,(H,40,44)(H,37,38,39). The van der Waals surface area contributed by atoms with Gasteiger partial charge in [0.1, 0.15) is 36.1 Å². The van der Waals surface area contributed by atoms with Crippen LogP contribution in [-0.2, 0) is 16.2 Å². The molecule has 6 rings (SSSR count). The third-order valence-electron chi connectivity index (χ3n) is 8.19. The van der Waals surface area contributed by atoms with Gasteiger partial charge >= 0.3 is 0 Å². The third kappa shape index (κ3) is 7.62. The van der Waals surface area contributed by atoms with Crippen molar-refractivity contribution in [2.75, 3.05) is 67.5 Å². The molecule has 0 spiro atoms. The highest BCUT2D eigenvalue weighted by Gasteiger charge is 2.30. The van der Waals surface area contributed by atoms with Crippen LogP contribution < -0.4 is 30.1 Å². The molecule has 0 radical (unpaired) electrons. The van der Waals surface area contributed by atoms with Gasteiger partial charge in [0.25, 0.3) is 0 Å². The second-order valence-electron chi connectivity index (χ2n) is 11.4. The first-order chi connectivity index (χ1) is 22.9. The number of ether oxygens (including phenoxy) is 2. The van der Waals surface area contributed by atoms with Crippen molar-refractivity contribution in [3.8, 4) is 11.5 Å². The van der Waals surface area contributed by atoms with Gasteiger partial charge in [0, 0.05) is 44.7 Å². The van der Waals surface area contributed by atoms with Crippen molar-refractivity contribution in [2.45, 2.75) is 19.1 Å². The van der Waals surface area contributed by atoms with Gasteiger partial charge in [-0.1, -0.05) is 30.8 Å². The van der Waals surface area contributed by atoms with Crippen molar-refractivity contribution < 1.29 is 23.5 Å². The fraction of sp³-hybridized carbons (Fsp3) is 0.286. The molecule has 4 aromatic rings. The number of halogens is 1. The van der Waals surface area contributed by atoms with Crippen LogP contribution in [0, 0.1) is 5.82 Å². The number of anilines is 5. The van der Waals surface area contributed by atoms with E-state index in [-0.39, 0.29) is 24.4 Å². The summed E-state index contributed by atoms with van der Waals surface area (Å²) in [5.74, 6) is 1.77. The second-order valence-corrected chi connectivity index (χ2v) is 11.4. The molecule has 244 valence electrons. The van der Waals surface area contributed by atoms with E-state index in [1.54, 1.807) is 24.3 Å². The zero-order valence-corrected chi connectivity index (χ0v) is 26.5. The summed E-state index contributed by atoms with van der Waals surface area (Å²) in [7, 11) is 3.71. The molecule has 3 aromatic carbocycles. The quantitative estimate of drug-likeness (QED) is 0.199. The summed E-state index contributed by atoms with van der Waals surface area (Å²) >= 11 is 0. The molecule has 0 saturated carbocycles. The topological polar surface area (TPSA) is 104 Å². The highest BCUT2D eigenvalue weighted by molar-refractivity contribution is 6.02. The normalized spacial score (nSPS) is 16.5. The minimum absolute atomic E-state index is 0.117. The summed E-state index contributed by atoms with van der Waals surface area (Å²) in [5, 5.41) is 8.08. The van der Waals surface area contributed by atoms with Crippen molar-refractivity contribution in [2.24, 2.45) is 0 Å². The molecule has 1 aromatic heterocycles. The van der Waals surface area contributed by atoms with Crippen LogP contribution in [-0.4, -0.2) is 67.7 Å². The van der Waals surface area contributed by atoms with E-state index in [0.29, 0.717) is 41.1 Å². The van der Waals surface area contributed by atoms with E-state index in [4.69, 9.17) is 14.3 Å². The Kier molecular flexibility index (Phi) is 9.79. The van der Waals surface area contributed by atoms with E-state index in [1.165, 1.54) is 24.5 Å². The van der Waals surface area contributed by atoms with Crippen molar-refractivity contribution >= 4 is 34.6 Å². The molecular weight excluding hydrogens is 601 g/mol. The zero-order chi connectivity index (χ0) is 32.8. The summed E-state index contributed by atoms with van der Waals surface area (Å²) < 4.78 is 25.4. The Morgan fingerprint density at radius 1 is 1.06 bits per heavy atom. The summed E-state index contributed by atoms with van der Waals surface area (Å²) in [6.07, 6.45) is 3.47. The number of rotatable bonds is 11. The molecule has 2 fully saturated rings.